The highest BCUT2D eigenvalue weighted by atomic mass is 32.2. The molecule has 0 spiro atoms. The van der Waals surface area contributed by atoms with Crippen molar-refractivity contribution in [3.8, 4) is 11.3 Å². The van der Waals surface area contributed by atoms with Gasteiger partial charge in [0.25, 0.3) is 0 Å². The van der Waals surface area contributed by atoms with E-state index < -0.39 is 10.0 Å². The molecule has 0 aliphatic carbocycles. The van der Waals surface area contributed by atoms with E-state index in [0.29, 0.717) is 13.1 Å². The third-order valence-corrected chi connectivity index (χ3v) is 5.51. The molecule has 1 aliphatic heterocycles. The van der Waals surface area contributed by atoms with Crippen LogP contribution in [0.25, 0.3) is 11.3 Å². The Balaban J connectivity index is 1.75. The van der Waals surface area contributed by atoms with Crippen molar-refractivity contribution < 1.29 is 8.42 Å². The molecule has 1 fully saturated rings. The molecular weight excluding hydrogens is 314 g/mol. The molecule has 2 aromatic heterocycles. The fraction of sp³-hybridized carbons (Fsp3) is 0.533. The zero-order valence-corrected chi connectivity index (χ0v) is 14.2. The molecule has 7 nitrogen and oxygen atoms in total. The average molecular weight is 335 g/mol. The second-order valence-electron chi connectivity index (χ2n) is 6.14. The number of rotatable bonds is 4. The molecule has 23 heavy (non-hydrogen) atoms. The number of sulfonamides is 1. The van der Waals surface area contributed by atoms with Gasteiger partial charge in [-0.05, 0) is 32.1 Å². The van der Waals surface area contributed by atoms with Crippen molar-refractivity contribution in [2.24, 2.45) is 5.92 Å². The van der Waals surface area contributed by atoms with Crippen molar-refractivity contribution in [2.75, 3.05) is 19.3 Å². The third-order valence-electron chi connectivity index (χ3n) is 4.24. The van der Waals surface area contributed by atoms with Gasteiger partial charge in [-0.15, -0.1) is 0 Å². The molecule has 0 radical (unpaired) electrons. The fourth-order valence-corrected chi connectivity index (χ4v) is 3.98. The third kappa shape index (κ3) is 3.76. The normalized spacial score (nSPS) is 19.8. The second kappa shape index (κ2) is 6.37. The van der Waals surface area contributed by atoms with Crippen LogP contribution in [0.1, 0.15) is 24.2 Å². The van der Waals surface area contributed by atoms with E-state index in [9.17, 15) is 8.42 Å². The highest BCUT2D eigenvalue weighted by Gasteiger charge is 2.26. The number of hydrogen-bond acceptors (Lipinski definition) is 5. The van der Waals surface area contributed by atoms with Gasteiger partial charge in [0, 0.05) is 30.5 Å². The predicted molar refractivity (Wildman–Crippen MR) is 87.2 cm³/mol. The molecular formula is C15H21N5O2S. The molecule has 0 amide bonds. The molecule has 1 N–H and O–H groups in total. The fourth-order valence-electron chi connectivity index (χ4n) is 3.03. The van der Waals surface area contributed by atoms with Gasteiger partial charge in [0.15, 0.2) is 0 Å². The van der Waals surface area contributed by atoms with Gasteiger partial charge in [0.2, 0.25) is 10.0 Å². The Hall–Kier alpha value is -1.80. The molecule has 0 bridgehead atoms. The first-order chi connectivity index (χ1) is 10.9. The number of aryl methyl sites for hydroxylation is 1. The highest BCUT2D eigenvalue weighted by Crippen LogP contribution is 2.23. The summed E-state index contributed by atoms with van der Waals surface area (Å²) in [6, 6.07) is 0. The molecule has 1 saturated heterocycles. The number of hydrogen-bond donors (Lipinski definition) is 1. The lowest BCUT2D eigenvalue weighted by Gasteiger charge is -2.30. The van der Waals surface area contributed by atoms with E-state index in [0.717, 1.165) is 41.9 Å². The summed E-state index contributed by atoms with van der Waals surface area (Å²) in [5.74, 6) is 0.286. The SMILES string of the molecule is Cc1[nH]ncc1-c1cncc(CC2CCCN(S(C)(=O)=O)C2)n1. The maximum Gasteiger partial charge on any atom is 0.211 e. The number of aromatic nitrogens is 4. The molecule has 1 unspecified atom stereocenters. The van der Waals surface area contributed by atoms with Gasteiger partial charge in [-0.3, -0.25) is 10.1 Å². The van der Waals surface area contributed by atoms with Gasteiger partial charge in [0.05, 0.1) is 30.0 Å². The van der Waals surface area contributed by atoms with E-state index in [1.54, 1.807) is 22.9 Å². The molecule has 0 aromatic carbocycles. The molecule has 2 aromatic rings. The first-order valence-corrected chi connectivity index (χ1v) is 9.54. The van der Waals surface area contributed by atoms with Crippen LogP contribution in [-0.4, -0.2) is 52.2 Å². The largest absolute Gasteiger partial charge is 0.282 e. The van der Waals surface area contributed by atoms with Crippen molar-refractivity contribution in [1.29, 1.82) is 0 Å². The molecule has 0 saturated carbocycles. The summed E-state index contributed by atoms with van der Waals surface area (Å²) < 4.78 is 25.0. The summed E-state index contributed by atoms with van der Waals surface area (Å²) >= 11 is 0. The summed E-state index contributed by atoms with van der Waals surface area (Å²) in [5.41, 5.74) is 3.59. The maximum atomic E-state index is 11.7. The van der Waals surface area contributed by atoms with Crippen LogP contribution in [0.5, 0.6) is 0 Å². The molecule has 3 rings (SSSR count). The maximum absolute atomic E-state index is 11.7. The van der Waals surface area contributed by atoms with Crippen LogP contribution in [0, 0.1) is 12.8 Å². The average Bonchev–Trinajstić information content (AvgIpc) is 2.93. The number of nitrogens with zero attached hydrogens (tertiary/aromatic N) is 4. The Bertz CT molecular complexity index is 787. The smallest absolute Gasteiger partial charge is 0.211 e. The van der Waals surface area contributed by atoms with Crippen LogP contribution in [-0.2, 0) is 16.4 Å². The second-order valence-corrected chi connectivity index (χ2v) is 8.12. The molecule has 8 heteroatoms. The van der Waals surface area contributed by atoms with Crippen molar-refractivity contribution >= 4 is 10.0 Å². The van der Waals surface area contributed by atoms with E-state index in [4.69, 9.17) is 0 Å². The Morgan fingerprint density at radius 3 is 2.87 bits per heavy atom. The molecule has 3 heterocycles. The Morgan fingerprint density at radius 2 is 2.17 bits per heavy atom. The van der Waals surface area contributed by atoms with Crippen molar-refractivity contribution in [2.45, 2.75) is 26.2 Å². The Kier molecular flexibility index (Phi) is 4.45. The zero-order valence-electron chi connectivity index (χ0n) is 13.4. The number of H-pyrrole nitrogens is 1. The Morgan fingerprint density at radius 1 is 1.35 bits per heavy atom. The number of piperidine rings is 1. The topological polar surface area (TPSA) is 91.8 Å². The minimum absolute atomic E-state index is 0.286. The lowest BCUT2D eigenvalue weighted by atomic mass is 9.95. The first kappa shape index (κ1) is 16.1. The molecule has 1 aliphatic rings. The summed E-state index contributed by atoms with van der Waals surface area (Å²) in [6.07, 6.45) is 9.16. The van der Waals surface area contributed by atoms with Crippen molar-refractivity contribution in [1.82, 2.24) is 24.5 Å². The van der Waals surface area contributed by atoms with Crippen molar-refractivity contribution in [3.05, 3.63) is 30.0 Å². The van der Waals surface area contributed by atoms with Crippen molar-refractivity contribution in [3.63, 3.8) is 0 Å². The van der Waals surface area contributed by atoms with E-state index in [2.05, 4.69) is 20.2 Å². The number of aromatic amines is 1. The van der Waals surface area contributed by atoms with Crippen LogP contribution in [0.15, 0.2) is 18.6 Å². The lowest BCUT2D eigenvalue weighted by molar-refractivity contribution is 0.265. The van der Waals surface area contributed by atoms with E-state index in [1.165, 1.54) is 6.26 Å². The minimum Gasteiger partial charge on any atom is -0.282 e. The summed E-state index contributed by atoms with van der Waals surface area (Å²) in [7, 11) is -3.12. The van der Waals surface area contributed by atoms with Gasteiger partial charge < -0.3 is 0 Å². The Labute approximate surface area is 136 Å². The first-order valence-electron chi connectivity index (χ1n) is 7.70. The monoisotopic (exact) mass is 335 g/mol. The predicted octanol–water partition coefficient (Wildman–Crippen LogP) is 1.39. The quantitative estimate of drug-likeness (QED) is 0.911. The van der Waals surface area contributed by atoms with Gasteiger partial charge >= 0.3 is 0 Å². The van der Waals surface area contributed by atoms with E-state index >= 15 is 0 Å². The van der Waals surface area contributed by atoms with Gasteiger partial charge in [0.1, 0.15) is 0 Å². The van der Waals surface area contributed by atoms with E-state index in [-0.39, 0.29) is 5.92 Å². The van der Waals surface area contributed by atoms with Crippen LogP contribution < -0.4 is 0 Å². The van der Waals surface area contributed by atoms with Crippen LogP contribution in [0.4, 0.5) is 0 Å². The van der Waals surface area contributed by atoms with Crippen LogP contribution in [0.3, 0.4) is 0 Å². The standard InChI is InChI=1S/C15H21N5O2S/c1-11-14(8-17-19-11)15-9-16-7-13(18-15)6-12-4-3-5-20(10-12)23(2,21)22/h7-9,12H,3-6,10H2,1-2H3,(H,17,19). The van der Waals surface area contributed by atoms with Gasteiger partial charge in [-0.2, -0.15) is 5.10 Å². The lowest BCUT2D eigenvalue weighted by Crippen LogP contribution is -2.39. The van der Waals surface area contributed by atoms with Gasteiger partial charge in [-0.1, -0.05) is 0 Å². The molecule has 124 valence electrons. The summed E-state index contributed by atoms with van der Waals surface area (Å²) in [5, 5.41) is 6.91. The highest BCUT2D eigenvalue weighted by molar-refractivity contribution is 7.88. The molecule has 1 atom stereocenters. The van der Waals surface area contributed by atoms with Gasteiger partial charge in [-0.25, -0.2) is 17.7 Å². The van der Waals surface area contributed by atoms with E-state index in [1.807, 2.05) is 6.92 Å². The summed E-state index contributed by atoms with van der Waals surface area (Å²) in [6.45, 7) is 3.13. The zero-order chi connectivity index (χ0) is 16.4. The van der Waals surface area contributed by atoms with Crippen LogP contribution >= 0.6 is 0 Å². The number of nitrogens with one attached hydrogen (secondary N) is 1. The minimum atomic E-state index is -3.12. The van der Waals surface area contributed by atoms with Crippen LogP contribution in [0.2, 0.25) is 0 Å². The summed E-state index contributed by atoms with van der Waals surface area (Å²) in [4.78, 5) is 8.95.